The summed E-state index contributed by atoms with van der Waals surface area (Å²) in [4.78, 5) is 34.6. The van der Waals surface area contributed by atoms with Gasteiger partial charge in [0.05, 0.1) is 13.0 Å². The van der Waals surface area contributed by atoms with Crippen molar-refractivity contribution in [1.29, 1.82) is 0 Å². The van der Waals surface area contributed by atoms with Crippen LogP contribution in [0.4, 0.5) is 10.5 Å². The molecule has 1 heterocycles. The van der Waals surface area contributed by atoms with Crippen LogP contribution in [0.5, 0.6) is 5.75 Å². The number of urea groups is 1. The second-order valence-electron chi connectivity index (χ2n) is 4.24. The van der Waals surface area contributed by atoms with Gasteiger partial charge in [-0.05, 0) is 12.1 Å². The molecule has 7 heteroatoms. The van der Waals surface area contributed by atoms with Gasteiger partial charge in [-0.2, -0.15) is 0 Å². The van der Waals surface area contributed by atoms with E-state index in [-0.39, 0.29) is 25.4 Å². The number of imide groups is 1. The topological polar surface area (TPSA) is 95.9 Å². The number of rotatable bonds is 5. The Morgan fingerprint density at radius 2 is 2.20 bits per heavy atom. The molecule has 1 fully saturated rings. The summed E-state index contributed by atoms with van der Waals surface area (Å²) in [7, 11) is 0. The van der Waals surface area contributed by atoms with Crippen LogP contribution in [0.2, 0.25) is 0 Å². The molecule has 20 heavy (non-hydrogen) atoms. The Balaban J connectivity index is 2.03. The van der Waals surface area contributed by atoms with Crippen molar-refractivity contribution in [3.63, 3.8) is 0 Å². The highest BCUT2D eigenvalue weighted by atomic mass is 16.5. The van der Waals surface area contributed by atoms with E-state index in [4.69, 9.17) is 9.84 Å². The van der Waals surface area contributed by atoms with E-state index in [1.165, 1.54) is 4.90 Å². The van der Waals surface area contributed by atoms with Crippen LogP contribution in [0.15, 0.2) is 24.3 Å². The Kier molecular flexibility index (Phi) is 4.19. The van der Waals surface area contributed by atoms with Gasteiger partial charge >= 0.3 is 12.0 Å². The molecule has 0 aliphatic carbocycles. The number of nitrogens with one attached hydrogen (secondary N) is 1. The number of hydrogen-bond acceptors (Lipinski definition) is 4. The SMILES string of the molecule is O=C(O)CCOc1cccc(N2CCC(=O)NC2=O)c1. The molecule has 1 aromatic carbocycles. The van der Waals surface area contributed by atoms with Crippen molar-refractivity contribution in [2.45, 2.75) is 12.8 Å². The molecule has 7 nitrogen and oxygen atoms in total. The molecule has 1 aliphatic rings. The minimum atomic E-state index is -0.935. The van der Waals surface area contributed by atoms with Crippen LogP contribution in [-0.4, -0.2) is 36.2 Å². The summed E-state index contributed by atoms with van der Waals surface area (Å²) in [6.45, 7) is 0.368. The molecular weight excluding hydrogens is 264 g/mol. The number of carbonyl (C=O) groups is 3. The number of carbonyl (C=O) groups excluding carboxylic acids is 2. The molecule has 2 N–H and O–H groups in total. The average molecular weight is 278 g/mol. The second kappa shape index (κ2) is 6.05. The van der Waals surface area contributed by atoms with Crippen molar-refractivity contribution in [2.24, 2.45) is 0 Å². The zero-order chi connectivity index (χ0) is 14.5. The molecule has 2 rings (SSSR count). The summed E-state index contributed by atoms with van der Waals surface area (Å²) in [6.07, 6.45) is 0.152. The summed E-state index contributed by atoms with van der Waals surface area (Å²) in [6, 6.07) is 6.27. The summed E-state index contributed by atoms with van der Waals surface area (Å²) in [5.74, 6) is -0.747. The third-order valence-electron chi connectivity index (χ3n) is 2.77. The van der Waals surface area contributed by atoms with E-state index in [9.17, 15) is 14.4 Å². The van der Waals surface area contributed by atoms with E-state index in [0.717, 1.165) is 0 Å². The van der Waals surface area contributed by atoms with Gasteiger partial charge in [-0.25, -0.2) is 4.79 Å². The number of benzene rings is 1. The van der Waals surface area contributed by atoms with E-state index in [1.807, 2.05) is 0 Å². The van der Waals surface area contributed by atoms with Gasteiger partial charge in [0.2, 0.25) is 5.91 Å². The lowest BCUT2D eigenvalue weighted by atomic mass is 10.2. The zero-order valence-corrected chi connectivity index (χ0v) is 10.7. The number of nitrogens with zero attached hydrogens (tertiary/aromatic N) is 1. The minimum Gasteiger partial charge on any atom is -0.493 e. The van der Waals surface area contributed by atoms with Crippen molar-refractivity contribution in [3.8, 4) is 5.75 Å². The van der Waals surface area contributed by atoms with Gasteiger partial charge in [-0.3, -0.25) is 19.8 Å². The van der Waals surface area contributed by atoms with Gasteiger partial charge in [0.1, 0.15) is 5.75 Å². The maximum absolute atomic E-state index is 11.7. The Bertz CT molecular complexity index is 543. The first kappa shape index (κ1) is 13.9. The van der Waals surface area contributed by atoms with Gasteiger partial charge in [-0.15, -0.1) is 0 Å². The zero-order valence-electron chi connectivity index (χ0n) is 10.7. The molecule has 106 valence electrons. The van der Waals surface area contributed by atoms with Crippen LogP contribution in [0.25, 0.3) is 0 Å². The third kappa shape index (κ3) is 3.47. The van der Waals surface area contributed by atoms with Crippen molar-refractivity contribution < 1.29 is 24.2 Å². The van der Waals surface area contributed by atoms with E-state index in [2.05, 4.69) is 5.32 Å². The number of carboxylic acid groups (broad SMARTS) is 1. The summed E-state index contributed by atoms with van der Waals surface area (Å²) >= 11 is 0. The molecule has 0 aromatic heterocycles. The minimum absolute atomic E-state index is 0.0590. The van der Waals surface area contributed by atoms with Gasteiger partial charge in [-0.1, -0.05) is 6.07 Å². The predicted molar refractivity (Wildman–Crippen MR) is 69.7 cm³/mol. The summed E-state index contributed by atoms with van der Waals surface area (Å²) in [5.41, 5.74) is 0.600. The van der Waals surface area contributed by atoms with Crippen molar-refractivity contribution in [2.75, 3.05) is 18.1 Å². The molecule has 0 radical (unpaired) electrons. The largest absolute Gasteiger partial charge is 0.493 e. The lowest BCUT2D eigenvalue weighted by molar-refractivity contribution is -0.137. The third-order valence-corrected chi connectivity index (χ3v) is 2.77. The smallest absolute Gasteiger partial charge is 0.328 e. The number of carboxylic acids is 1. The number of ether oxygens (including phenoxy) is 1. The molecule has 3 amide bonds. The fraction of sp³-hybridized carbons (Fsp3) is 0.308. The maximum Gasteiger partial charge on any atom is 0.328 e. The maximum atomic E-state index is 11.7. The summed E-state index contributed by atoms with van der Waals surface area (Å²) in [5, 5.41) is 10.8. The number of aliphatic carboxylic acids is 1. The molecule has 0 spiro atoms. The van der Waals surface area contributed by atoms with E-state index in [1.54, 1.807) is 24.3 Å². The van der Waals surface area contributed by atoms with Crippen molar-refractivity contribution >= 4 is 23.6 Å². The lowest BCUT2D eigenvalue weighted by Gasteiger charge is -2.26. The van der Waals surface area contributed by atoms with Crippen LogP contribution in [-0.2, 0) is 9.59 Å². The predicted octanol–water partition coefficient (Wildman–Crippen LogP) is 0.986. The van der Waals surface area contributed by atoms with Crippen molar-refractivity contribution in [1.82, 2.24) is 5.32 Å². The molecule has 0 atom stereocenters. The highest BCUT2D eigenvalue weighted by molar-refractivity contribution is 6.05. The number of anilines is 1. The van der Waals surface area contributed by atoms with Gasteiger partial charge in [0.25, 0.3) is 0 Å². The molecule has 0 bridgehead atoms. The van der Waals surface area contributed by atoms with Crippen LogP contribution in [0.1, 0.15) is 12.8 Å². The van der Waals surface area contributed by atoms with Crippen LogP contribution in [0.3, 0.4) is 0 Å². The Morgan fingerprint density at radius 1 is 1.40 bits per heavy atom. The average Bonchev–Trinajstić information content (AvgIpc) is 2.38. The van der Waals surface area contributed by atoms with Gasteiger partial charge in [0.15, 0.2) is 0 Å². The Labute approximate surface area is 115 Å². The monoisotopic (exact) mass is 278 g/mol. The first-order valence-electron chi connectivity index (χ1n) is 6.12. The number of hydrogen-bond donors (Lipinski definition) is 2. The molecular formula is C13H14N2O5. The first-order valence-corrected chi connectivity index (χ1v) is 6.12. The fourth-order valence-corrected chi connectivity index (χ4v) is 1.81. The first-order chi connectivity index (χ1) is 9.56. The van der Waals surface area contributed by atoms with Crippen LogP contribution in [0, 0.1) is 0 Å². The molecule has 1 aromatic rings. The highest BCUT2D eigenvalue weighted by Crippen LogP contribution is 2.22. The standard InChI is InChI=1S/C13H14N2O5/c16-11-4-6-15(13(19)14-11)9-2-1-3-10(8-9)20-7-5-12(17)18/h1-3,8H,4-7H2,(H,17,18)(H,14,16,19). The fourth-order valence-electron chi connectivity index (χ4n) is 1.81. The Morgan fingerprint density at radius 3 is 2.90 bits per heavy atom. The molecule has 0 saturated carbocycles. The normalized spacial score (nSPS) is 14.9. The molecule has 1 aliphatic heterocycles. The number of amides is 3. The van der Waals surface area contributed by atoms with Gasteiger partial charge in [0, 0.05) is 24.7 Å². The van der Waals surface area contributed by atoms with E-state index >= 15 is 0 Å². The van der Waals surface area contributed by atoms with E-state index in [0.29, 0.717) is 18.0 Å². The Hall–Kier alpha value is -2.57. The molecule has 1 saturated heterocycles. The summed E-state index contributed by atoms with van der Waals surface area (Å²) < 4.78 is 5.30. The second-order valence-corrected chi connectivity index (χ2v) is 4.24. The van der Waals surface area contributed by atoms with E-state index < -0.39 is 12.0 Å². The lowest BCUT2D eigenvalue weighted by Crippen LogP contribution is -2.49. The quantitative estimate of drug-likeness (QED) is 0.837. The van der Waals surface area contributed by atoms with Crippen LogP contribution >= 0.6 is 0 Å². The van der Waals surface area contributed by atoms with Crippen molar-refractivity contribution in [3.05, 3.63) is 24.3 Å². The molecule has 0 unspecified atom stereocenters. The van der Waals surface area contributed by atoms with Crippen LogP contribution < -0.4 is 15.0 Å². The van der Waals surface area contributed by atoms with Gasteiger partial charge < -0.3 is 9.84 Å². The highest BCUT2D eigenvalue weighted by Gasteiger charge is 2.24.